The van der Waals surface area contributed by atoms with Gasteiger partial charge >= 0.3 is 12.5 Å². The summed E-state index contributed by atoms with van der Waals surface area (Å²) in [5, 5.41) is -0.152. The first-order chi connectivity index (χ1) is 8.67. The third kappa shape index (κ3) is 3.10. The number of hydrogen-bond donors (Lipinski definition) is 0. The number of ether oxygens (including phenoxy) is 1. The third-order valence-corrected chi connectivity index (χ3v) is 2.39. The summed E-state index contributed by atoms with van der Waals surface area (Å²) in [6.07, 6.45) is -9.44. The van der Waals surface area contributed by atoms with Crippen molar-refractivity contribution in [2.45, 2.75) is 12.5 Å². The molecule has 19 heavy (non-hydrogen) atoms. The van der Waals surface area contributed by atoms with Gasteiger partial charge in [-0.2, -0.15) is 13.2 Å². The van der Waals surface area contributed by atoms with Crippen molar-refractivity contribution in [3.63, 3.8) is 0 Å². The van der Waals surface area contributed by atoms with Gasteiger partial charge in [0.15, 0.2) is 0 Å². The number of fused-ring (bicyclic) bond motifs is 1. The van der Waals surface area contributed by atoms with E-state index in [1.54, 1.807) is 0 Å². The summed E-state index contributed by atoms with van der Waals surface area (Å²) >= 11 is 0. The number of hydrogen-bond acceptors (Lipinski definition) is 1. The van der Waals surface area contributed by atoms with Crippen LogP contribution >= 0.6 is 0 Å². The van der Waals surface area contributed by atoms with Gasteiger partial charge in [0.25, 0.3) is 0 Å². The van der Waals surface area contributed by atoms with Crippen molar-refractivity contribution in [2.24, 2.45) is 0 Å². The summed E-state index contributed by atoms with van der Waals surface area (Å²) in [5.41, 5.74) is -0.899. The third-order valence-electron chi connectivity index (χ3n) is 2.39. The average Bonchev–Trinajstić information content (AvgIpc) is 2.24. The minimum Gasteiger partial charge on any atom is -0.406 e. The van der Waals surface area contributed by atoms with E-state index in [1.807, 2.05) is 0 Å². The fourth-order valence-electron chi connectivity index (χ4n) is 1.71. The van der Waals surface area contributed by atoms with E-state index in [4.69, 9.17) is 0 Å². The Morgan fingerprint density at radius 3 is 2.11 bits per heavy atom. The fraction of sp³-hybridized carbons (Fsp3) is 0.167. The minimum absolute atomic E-state index is 0.0246. The van der Waals surface area contributed by atoms with Crippen LogP contribution in [0.4, 0.5) is 26.3 Å². The molecule has 0 heterocycles. The van der Waals surface area contributed by atoms with Crippen LogP contribution in [0.2, 0.25) is 0 Å². The molecule has 0 aromatic heterocycles. The lowest BCUT2D eigenvalue weighted by atomic mass is 10.0. The monoisotopic (exact) mass is 280 g/mol. The molecule has 0 unspecified atom stereocenters. The van der Waals surface area contributed by atoms with Gasteiger partial charge in [-0.25, -0.2) is 0 Å². The van der Waals surface area contributed by atoms with Crippen LogP contribution in [0, 0.1) is 0 Å². The van der Waals surface area contributed by atoms with E-state index in [2.05, 4.69) is 4.74 Å². The van der Waals surface area contributed by atoms with Crippen LogP contribution in [-0.4, -0.2) is 6.36 Å². The summed E-state index contributed by atoms with van der Waals surface area (Å²) in [5.74, 6) is -0.556. The van der Waals surface area contributed by atoms with Crippen LogP contribution in [-0.2, 0) is 6.18 Å². The van der Waals surface area contributed by atoms with Crippen LogP contribution in [0.3, 0.4) is 0 Å². The summed E-state index contributed by atoms with van der Waals surface area (Å²) in [7, 11) is 0. The maximum Gasteiger partial charge on any atom is 0.573 e. The number of rotatable bonds is 1. The Morgan fingerprint density at radius 1 is 0.842 bits per heavy atom. The van der Waals surface area contributed by atoms with Gasteiger partial charge in [-0.1, -0.05) is 18.2 Å². The summed E-state index contributed by atoms with van der Waals surface area (Å²) < 4.78 is 77.7. The van der Waals surface area contributed by atoms with E-state index < -0.39 is 23.9 Å². The second kappa shape index (κ2) is 4.32. The molecule has 0 N–H and O–H groups in total. The topological polar surface area (TPSA) is 9.23 Å². The second-order valence-electron chi connectivity index (χ2n) is 3.73. The van der Waals surface area contributed by atoms with Crippen LogP contribution in [0.25, 0.3) is 10.8 Å². The highest BCUT2D eigenvalue weighted by molar-refractivity contribution is 5.87. The van der Waals surface area contributed by atoms with Gasteiger partial charge in [-0.15, -0.1) is 13.2 Å². The molecule has 0 saturated heterocycles. The van der Waals surface area contributed by atoms with E-state index in [9.17, 15) is 26.3 Å². The van der Waals surface area contributed by atoms with Crippen molar-refractivity contribution in [3.8, 4) is 5.75 Å². The van der Waals surface area contributed by atoms with Crippen molar-refractivity contribution in [3.05, 3.63) is 42.0 Å². The van der Waals surface area contributed by atoms with E-state index >= 15 is 0 Å². The largest absolute Gasteiger partial charge is 0.573 e. The highest BCUT2D eigenvalue weighted by atomic mass is 19.4. The normalized spacial score (nSPS) is 12.7. The summed E-state index contributed by atoms with van der Waals surface area (Å²) in [6.45, 7) is 0. The van der Waals surface area contributed by atoms with Crippen molar-refractivity contribution in [1.29, 1.82) is 0 Å². The molecular formula is C12H6F6O. The number of halogens is 6. The minimum atomic E-state index is -4.88. The zero-order chi connectivity index (χ0) is 14.3. The zero-order valence-electron chi connectivity index (χ0n) is 9.14. The maximum absolute atomic E-state index is 12.7. The maximum atomic E-state index is 12.7. The SMILES string of the molecule is FC(F)(F)Oc1ccc2c(C(F)(F)F)cccc2c1. The number of benzene rings is 2. The molecule has 0 spiro atoms. The molecule has 2 rings (SSSR count). The lowest BCUT2D eigenvalue weighted by Gasteiger charge is -2.12. The van der Waals surface area contributed by atoms with E-state index in [0.29, 0.717) is 0 Å². The van der Waals surface area contributed by atoms with E-state index in [1.165, 1.54) is 6.07 Å². The Balaban J connectivity index is 2.52. The molecule has 1 nitrogen and oxygen atoms in total. The fourth-order valence-corrected chi connectivity index (χ4v) is 1.71. The van der Waals surface area contributed by atoms with Crippen LogP contribution < -0.4 is 4.74 Å². The molecule has 0 radical (unpaired) electrons. The second-order valence-corrected chi connectivity index (χ2v) is 3.73. The van der Waals surface area contributed by atoms with Crippen LogP contribution in [0.15, 0.2) is 36.4 Å². The molecule has 0 atom stereocenters. The average molecular weight is 280 g/mol. The Bertz CT molecular complexity index is 599. The van der Waals surface area contributed by atoms with Gasteiger partial charge in [0.2, 0.25) is 0 Å². The first-order valence-electron chi connectivity index (χ1n) is 5.02. The van der Waals surface area contributed by atoms with Gasteiger partial charge in [0, 0.05) is 0 Å². The Labute approximate surface area is 103 Å². The Morgan fingerprint density at radius 2 is 1.53 bits per heavy atom. The lowest BCUT2D eigenvalue weighted by Crippen LogP contribution is -2.17. The van der Waals surface area contributed by atoms with E-state index in [-0.39, 0.29) is 10.8 Å². The molecule has 0 aliphatic heterocycles. The Kier molecular flexibility index (Phi) is 3.07. The number of alkyl halides is 6. The molecule has 0 bridgehead atoms. The molecule has 0 amide bonds. The molecule has 0 saturated carbocycles. The van der Waals surface area contributed by atoms with E-state index in [0.717, 1.165) is 30.3 Å². The highest BCUT2D eigenvalue weighted by Crippen LogP contribution is 2.36. The quantitative estimate of drug-likeness (QED) is 0.684. The van der Waals surface area contributed by atoms with Gasteiger partial charge in [-0.3, -0.25) is 0 Å². The molecule has 0 aliphatic carbocycles. The summed E-state index contributed by atoms with van der Waals surface area (Å²) in [4.78, 5) is 0. The van der Waals surface area contributed by atoms with Gasteiger partial charge < -0.3 is 4.74 Å². The smallest absolute Gasteiger partial charge is 0.406 e. The van der Waals surface area contributed by atoms with Crippen molar-refractivity contribution >= 4 is 10.8 Å². The van der Waals surface area contributed by atoms with Crippen molar-refractivity contribution in [2.75, 3.05) is 0 Å². The molecule has 2 aromatic carbocycles. The molecule has 0 aliphatic rings. The van der Waals surface area contributed by atoms with Crippen molar-refractivity contribution < 1.29 is 31.1 Å². The van der Waals surface area contributed by atoms with Gasteiger partial charge in [-0.05, 0) is 29.0 Å². The molecule has 102 valence electrons. The standard InChI is InChI=1S/C12H6F6O/c13-11(14,15)10-3-1-2-7-6-8(4-5-9(7)10)19-12(16,17)18/h1-6H. The molecule has 7 heteroatoms. The predicted molar refractivity (Wildman–Crippen MR) is 55.6 cm³/mol. The van der Waals surface area contributed by atoms with Crippen molar-refractivity contribution in [1.82, 2.24) is 0 Å². The van der Waals surface area contributed by atoms with Crippen LogP contribution in [0.1, 0.15) is 5.56 Å². The zero-order valence-corrected chi connectivity index (χ0v) is 9.14. The highest BCUT2D eigenvalue weighted by Gasteiger charge is 2.33. The first kappa shape index (κ1) is 13.5. The van der Waals surface area contributed by atoms with Gasteiger partial charge in [0.1, 0.15) is 5.75 Å². The summed E-state index contributed by atoms with van der Waals surface area (Å²) in [6, 6.07) is 6.01. The molecule has 2 aromatic rings. The van der Waals surface area contributed by atoms with Crippen LogP contribution in [0.5, 0.6) is 5.75 Å². The molecular weight excluding hydrogens is 274 g/mol. The van der Waals surface area contributed by atoms with Gasteiger partial charge in [0.05, 0.1) is 5.56 Å². The first-order valence-corrected chi connectivity index (χ1v) is 5.02. The Hall–Kier alpha value is -1.92. The lowest BCUT2D eigenvalue weighted by molar-refractivity contribution is -0.274. The molecule has 0 fully saturated rings. The predicted octanol–water partition coefficient (Wildman–Crippen LogP) is 4.76.